The molecule has 0 aliphatic carbocycles. The van der Waals surface area contributed by atoms with Crippen molar-refractivity contribution >= 4 is 23.4 Å². The zero-order valence-corrected chi connectivity index (χ0v) is 18.0. The molecule has 156 valence electrons. The monoisotopic (exact) mass is 429 g/mol. The van der Waals surface area contributed by atoms with Crippen molar-refractivity contribution in [2.45, 2.75) is 29.7 Å². The van der Waals surface area contributed by atoms with Crippen LogP contribution in [0.25, 0.3) is 0 Å². The lowest BCUT2D eigenvalue weighted by Crippen LogP contribution is -2.11. The van der Waals surface area contributed by atoms with E-state index in [-0.39, 0.29) is 18.3 Å². The van der Waals surface area contributed by atoms with Gasteiger partial charge in [0.2, 0.25) is 0 Å². The maximum atomic E-state index is 12.7. The molecule has 0 bridgehead atoms. The highest BCUT2D eigenvalue weighted by molar-refractivity contribution is 7.99. The smallest absolute Gasteiger partial charge is 0.291 e. The topological polar surface area (TPSA) is 51.5 Å². The van der Waals surface area contributed by atoms with E-state index in [1.807, 2.05) is 78.9 Å². The van der Waals surface area contributed by atoms with Gasteiger partial charge in [-0.2, -0.15) is 0 Å². The Bertz CT molecular complexity index is 1140. The molecule has 31 heavy (non-hydrogen) atoms. The normalized spacial score (nSPS) is 10.6. The summed E-state index contributed by atoms with van der Waals surface area (Å²) in [6.45, 7) is 2.38. The summed E-state index contributed by atoms with van der Waals surface area (Å²) in [6, 6.07) is 29.2. The van der Waals surface area contributed by atoms with Crippen LogP contribution in [0.3, 0.4) is 0 Å². The molecule has 0 fully saturated rings. The molecule has 1 heterocycles. The Labute approximate surface area is 186 Å². The Morgan fingerprint density at radius 2 is 1.65 bits per heavy atom. The number of benzene rings is 3. The molecule has 0 radical (unpaired) electrons. The molecule has 4 nitrogen and oxygen atoms in total. The van der Waals surface area contributed by atoms with Crippen LogP contribution in [0.1, 0.15) is 28.8 Å². The van der Waals surface area contributed by atoms with Crippen LogP contribution in [0.15, 0.2) is 105 Å². The lowest BCUT2D eigenvalue weighted by Gasteiger charge is -2.10. The molecule has 0 saturated carbocycles. The quantitative estimate of drug-likeness (QED) is 0.334. The van der Waals surface area contributed by atoms with Crippen molar-refractivity contribution in [1.29, 1.82) is 0 Å². The van der Waals surface area contributed by atoms with Gasteiger partial charge in [-0.3, -0.25) is 4.79 Å². The number of hydrogen-bond donors (Lipinski definition) is 1. The number of carbonyl (C=O) groups excluding carboxylic acids is 1. The van der Waals surface area contributed by atoms with Crippen molar-refractivity contribution in [3.63, 3.8) is 0 Å². The SMILES string of the molecule is CCc1ccc(OCc2ccc(C(=O)Nc3ccccc3Sc3ccccc3)o2)cc1. The van der Waals surface area contributed by atoms with Crippen LogP contribution in [0.2, 0.25) is 0 Å². The van der Waals surface area contributed by atoms with Crippen molar-refractivity contribution in [3.8, 4) is 5.75 Å². The van der Waals surface area contributed by atoms with Crippen molar-refractivity contribution < 1.29 is 13.9 Å². The fourth-order valence-electron chi connectivity index (χ4n) is 3.01. The maximum Gasteiger partial charge on any atom is 0.291 e. The number of aryl methyl sites for hydroxylation is 1. The summed E-state index contributed by atoms with van der Waals surface area (Å²) in [5, 5.41) is 2.95. The van der Waals surface area contributed by atoms with Crippen molar-refractivity contribution in [3.05, 3.63) is 108 Å². The van der Waals surface area contributed by atoms with E-state index in [9.17, 15) is 4.79 Å². The molecule has 4 aromatic rings. The van der Waals surface area contributed by atoms with Crippen LogP contribution < -0.4 is 10.1 Å². The molecule has 0 unspecified atom stereocenters. The highest BCUT2D eigenvalue weighted by atomic mass is 32.2. The third-order valence-corrected chi connectivity index (χ3v) is 5.79. The summed E-state index contributed by atoms with van der Waals surface area (Å²) >= 11 is 1.60. The van der Waals surface area contributed by atoms with Gasteiger partial charge in [0.25, 0.3) is 5.91 Å². The fraction of sp³-hybridized carbons (Fsp3) is 0.115. The number of carbonyl (C=O) groups is 1. The third-order valence-electron chi connectivity index (χ3n) is 4.70. The lowest BCUT2D eigenvalue weighted by molar-refractivity contribution is 0.0992. The number of hydrogen-bond acceptors (Lipinski definition) is 4. The molecule has 1 amide bonds. The summed E-state index contributed by atoms with van der Waals surface area (Å²) in [6.07, 6.45) is 0.990. The zero-order chi connectivity index (χ0) is 21.5. The predicted octanol–water partition coefficient (Wildman–Crippen LogP) is 6.82. The molecule has 0 saturated heterocycles. The van der Waals surface area contributed by atoms with Gasteiger partial charge in [-0.25, -0.2) is 0 Å². The Morgan fingerprint density at radius 3 is 2.42 bits per heavy atom. The summed E-state index contributed by atoms with van der Waals surface area (Å²) in [4.78, 5) is 14.8. The third kappa shape index (κ3) is 5.58. The first-order chi connectivity index (χ1) is 15.2. The zero-order valence-electron chi connectivity index (χ0n) is 17.2. The van der Waals surface area contributed by atoms with Gasteiger partial charge >= 0.3 is 0 Å². The van der Waals surface area contributed by atoms with Crippen LogP contribution in [-0.2, 0) is 13.0 Å². The van der Waals surface area contributed by atoms with E-state index in [1.165, 1.54) is 5.56 Å². The Morgan fingerprint density at radius 1 is 0.903 bits per heavy atom. The highest BCUT2D eigenvalue weighted by Gasteiger charge is 2.14. The molecule has 5 heteroatoms. The van der Waals surface area contributed by atoms with Crippen molar-refractivity contribution in [1.82, 2.24) is 0 Å². The molecule has 0 atom stereocenters. The van der Waals surface area contributed by atoms with Gasteiger partial charge in [0.15, 0.2) is 5.76 Å². The Balaban J connectivity index is 1.39. The number of ether oxygens (including phenoxy) is 1. The second-order valence-corrected chi connectivity index (χ2v) is 8.03. The molecule has 4 rings (SSSR count). The highest BCUT2D eigenvalue weighted by Crippen LogP contribution is 2.33. The number of anilines is 1. The fourth-order valence-corrected chi connectivity index (χ4v) is 3.93. The molecule has 1 N–H and O–H groups in total. The van der Waals surface area contributed by atoms with E-state index >= 15 is 0 Å². The first-order valence-corrected chi connectivity index (χ1v) is 11.0. The van der Waals surface area contributed by atoms with Crippen molar-refractivity contribution in [2.75, 3.05) is 5.32 Å². The summed E-state index contributed by atoms with van der Waals surface area (Å²) < 4.78 is 11.5. The first-order valence-electron chi connectivity index (χ1n) is 10.1. The van der Waals surface area contributed by atoms with Gasteiger partial charge in [-0.1, -0.05) is 61.2 Å². The lowest BCUT2D eigenvalue weighted by atomic mass is 10.2. The largest absolute Gasteiger partial charge is 0.486 e. The molecule has 0 aliphatic rings. The molecular formula is C26H23NO3S. The van der Waals surface area contributed by atoms with E-state index in [4.69, 9.17) is 9.15 Å². The number of para-hydroxylation sites is 1. The van der Waals surface area contributed by atoms with E-state index in [1.54, 1.807) is 23.9 Å². The van der Waals surface area contributed by atoms with Crippen LogP contribution in [0.4, 0.5) is 5.69 Å². The van der Waals surface area contributed by atoms with Gasteiger partial charge in [0.05, 0.1) is 5.69 Å². The Hall–Kier alpha value is -3.44. The standard InChI is InChI=1S/C26H23NO3S/c1-2-19-12-14-20(15-13-19)29-18-21-16-17-24(30-21)26(28)27-23-10-6-7-11-25(23)31-22-8-4-3-5-9-22/h3-17H,2,18H2,1H3,(H,27,28). The summed E-state index contributed by atoms with van der Waals surface area (Å²) in [7, 11) is 0. The predicted molar refractivity (Wildman–Crippen MR) is 124 cm³/mol. The van der Waals surface area contributed by atoms with E-state index in [0.717, 1.165) is 27.6 Å². The minimum atomic E-state index is -0.292. The summed E-state index contributed by atoms with van der Waals surface area (Å²) in [5.41, 5.74) is 2.00. The Kier molecular flexibility index (Phi) is 6.75. The minimum absolute atomic E-state index is 0.249. The molecular weight excluding hydrogens is 406 g/mol. The van der Waals surface area contributed by atoms with Crippen LogP contribution in [0.5, 0.6) is 5.75 Å². The first kappa shape index (κ1) is 20.8. The van der Waals surface area contributed by atoms with Gasteiger partial charge in [0, 0.05) is 9.79 Å². The molecule has 0 aliphatic heterocycles. The molecule has 1 aromatic heterocycles. The van der Waals surface area contributed by atoms with Crippen LogP contribution in [-0.4, -0.2) is 5.91 Å². The molecule has 0 spiro atoms. The second kappa shape index (κ2) is 10.0. The number of nitrogens with one attached hydrogen (secondary N) is 1. The van der Waals surface area contributed by atoms with Gasteiger partial charge in [0.1, 0.15) is 18.1 Å². The second-order valence-electron chi connectivity index (χ2n) is 6.92. The van der Waals surface area contributed by atoms with E-state index in [2.05, 4.69) is 12.2 Å². The maximum absolute atomic E-state index is 12.7. The van der Waals surface area contributed by atoms with E-state index < -0.39 is 0 Å². The molecule has 3 aromatic carbocycles. The van der Waals surface area contributed by atoms with Crippen LogP contribution >= 0.6 is 11.8 Å². The van der Waals surface area contributed by atoms with Crippen LogP contribution in [0, 0.1) is 0 Å². The minimum Gasteiger partial charge on any atom is -0.486 e. The van der Waals surface area contributed by atoms with Gasteiger partial charge in [-0.15, -0.1) is 0 Å². The summed E-state index contributed by atoms with van der Waals surface area (Å²) in [5.74, 6) is 1.32. The number of rotatable bonds is 8. The average molecular weight is 430 g/mol. The number of amides is 1. The number of furan rings is 1. The van der Waals surface area contributed by atoms with Gasteiger partial charge < -0.3 is 14.5 Å². The van der Waals surface area contributed by atoms with E-state index in [0.29, 0.717) is 5.76 Å². The van der Waals surface area contributed by atoms with Crippen molar-refractivity contribution in [2.24, 2.45) is 0 Å². The van der Waals surface area contributed by atoms with Gasteiger partial charge in [-0.05, 0) is 60.5 Å². The average Bonchev–Trinajstić information content (AvgIpc) is 3.29.